The first-order valence-corrected chi connectivity index (χ1v) is 13.2. The van der Waals surface area contributed by atoms with Crippen LogP contribution >= 0.6 is 0 Å². The summed E-state index contributed by atoms with van der Waals surface area (Å²) in [6, 6.07) is 37.3. The Hall–Kier alpha value is -4.91. The number of anilines is 2. The van der Waals surface area contributed by atoms with E-state index in [9.17, 15) is 4.79 Å². The smallest absolute Gasteiger partial charge is 0.435 e. The third kappa shape index (κ3) is 6.74. The Morgan fingerprint density at radius 3 is 2.05 bits per heavy atom. The molecule has 40 heavy (non-hydrogen) atoms. The summed E-state index contributed by atoms with van der Waals surface area (Å²) in [6.07, 6.45) is -0.551. The van der Waals surface area contributed by atoms with Gasteiger partial charge in [-0.15, -0.1) is 5.10 Å². The average molecular weight is 533 g/mol. The van der Waals surface area contributed by atoms with Gasteiger partial charge in [-0.2, -0.15) is 9.67 Å². The predicted octanol–water partition coefficient (Wildman–Crippen LogP) is 7.65. The molecule has 0 aliphatic heterocycles. The molecule has 0 bridgehead atoms. The number of hydrogen-bond donors (Lipinski definition) is 0. The lowest BCUT2D eigenvalue weighted by atomic mass is 10.1. The van der Waals surface area contributed by atoms with Crippen molar-refractivity contribution in [3.8, 4) is 17.1 Å². The van der Waals surface area contributed by atoms with E-state index >= 15 is 0 Å². The largest absolute Gasteiger partial charge is 0.473 e. The molecule has 0 amide bonds. The lowest BCUT2D eigenvalue weighted by molar-refractivity contribution is 0.0518. The maximum Gasteiger partial charge on any atom is 0.435 e. The Balaban J connectivity index is 1.54. The van der Waals surface area contributed by atoms with Crippen molar-refractivity contribution in [1.29, 1.82) is 0 Å². The van der Waals surface area contributed by atoms with E-state index < -0.39 is 11.7 Å². The molecule has 7 nitrogen and oxygen atoms in total. The molecule has 7 heteroatoms. The summed E-state index contributed by atoms with van der Waals surface area (Å²) in [7, 11) is 0. The summed E-state index contributed by atoms with van der Waals surface area (Å²) in [5.41, 5.74) is 2.92. The second-order valence-corrected chi connectivity index (χ2v) is 10.3. The molecule has 0 fully saturated rings. The maximum atomic E-state index is 13.3. The molecular formula is C33H32N4O3. The highest BCUT2D eigenvalue weighted by Crippen LogP contribution is 2.31. The third-order valence-electron chi connectivity index (χ3n) is 6.01. The van der Waals surface area contributed by atoms with Crippen molar-refractivity contribution in [1.82, 2.24) is 14.8 Å². The molecular weight excluding hydrogens is 500 g/mol. The van der Waals surface area contributed by atoms with E-state index in [1.807, 2.05) is 141 Å². The molecule has 202 valence electrons. The van der Waals surface area contributed by atoms with Crippen LogP contribution in [0.4, 0.5) is 16.4 Å². The van der Waals surface area contributed by atoms with E-state index in [0.29, 0.717) is 36.4 Å². The zero-order chi connectivity index (χ0) is 28.0. The van der Waals surface area contributed by atoms with Gasteiger partial charge in [0.15, 0.2) is 5.82 Å². The van der Waals surface area contributed by atoms with Crippen LogP contribution in [0.25, 0.3) is 11.3 Å². The Morgan fingerprint density at radius 2 is 1.40 bits per heavy atom. The molecule has 0 radical (unpaired) electrons. The zero-order valence-corrected chi connectivity index (χ0v) is 22.9. The molecule has 0 saturated heterocycles. The van der Waals surface area contributed by atoms with Gasteiger partial charge in [0.1, 0.15) is 18.0 Å². The van der Waals surface area contributed by atoms with E-state index in [0.717, 1.165) is 16.7 Å². The number of hydrogen-bond acceptors (Lipinski definition) is 6. The van der Waals surface area contributed by atoms with Crippen molar-refractivity contribution in [2.24, 2.45) is 0 Å². The van der Waals surface area contributed by atoms with E-state index in [1.165, 1.54) is 4.68 Å². The molecule has 0 atom stereocenters. The molecule has 0 saturated carbocycles. The van der Waals surface area contributed by atoms with E-state index in [2.05, 4.69) is 0 Å². The quantitative estimate of drug-likeness (QED) is 0.204. The number of ether oxygens (including phenoxy) is 2. The van der Waals surface area contributed by atoms with Crippen molar-refractivity contribution in [2.45, 2.75) is 39.5 Å². The van der Waals surface area contributed by atoms with Gasteiger partial charge in [0, 0.05) is 17.7 Å². The Labute approximate surface area is 234 Å². The highest BCUT2D eigenvalue weighted by Gasteiger charge is 2.25. The molecule has 5 aromatic rings. The molecule has 0 N–H and O–H groups in total. The average Bonchev–Trinajstić information content (AvgIpc) is 3.41. The highest BCUT2D eigenvalue weighted by molar-refractivity contribution is 5.80. The minimum atomic E-state index is -0.674. The summed E-state index contributed by atoms with van der Waals surface area (Å²) in [4.78, 5) is 20.1. The predicted molar refractivity (Wildman–Crippen MR) is 157 cm³/mol. The fraction of sp³-hybridized carbons (Fsp3) is 0.182. The number of benzene rings is 3. The van der Waals surface area contributed by atoms with Gasteiger partial charge < -0.3 is 14.4 Å². The van der Waals surface area contributed by atoms with Crippen LogP contribution in [0.5, 0.6) is 5.88 Å². The summed E-state index contributed by atoms with van der Waals surface area (Å²) in [5, 5.41) is 4.75. The van der Waals surface area contributed by atoms with Gasteiger partial charge in [0.25, 0.3) is 0 Å². The first-order valence-electron chi connectivity index (χ1n) is 13.2. The number of carbonyl (C=O) groups excluding carboxylic acids is 1. The monoisotopic (exact) mass is 532 g/mol. The molecule has 0 spiro atoms. The van der Waals surface area contributed by atoms with Gasteiger partial charge >= 0.3 is 6.09 Å². The van der Waals surface area contributed by atoms with Crippen LogP contribution in [0.2, 0.25) is 0 Å². The maximum absolute atomic E-state index is 13.3. The van der Waals surface area contributed by atoms with Crippen LogP contribution in [0, 0.1) is 0 Å². The Bertz CT molecular complexity index is 1550. The fourth-order valence-electron chi connectivity index (χ4n) is 4.17. The van der Waals surface area contributed by atoms with Crippen LogP contribution in [0.3, 0.4) is 0 Å². The lowest BCUT2D eigenvalue weighted by Gasteiger charge is -2.22. The standard InChI is InChI=1S/C33H32N4O3/c1-33(2,3)40-32(38)37-28(27-18-11-6-12-19-27)22-30(35-37)36(23-25-14-7-4-8-15-25)29-20-13-21-31(34-29)39-24-26-16-9-5-10-17-26/h4-22H,23-24H2,1-3H3. The van der Waals surface area contributed by atoms with Gasteiger partial charge in [0.05, 0.1) is 12.2 Å². The summed E-state index contributed by atoms with van der Waals surface area (Å²) in [6.45, 7) is 6.40. The Kier molecular flexibility index (Phi) is 7.92. The lowest BCUT2D eigenvalue weighted by Crippen LogP contribution is -2.28. The topological polar surface area (TPSA) is 69.5 Å². The highest BCUT2D eigenvalue weighted by atomic mass is 16.6. The van der Waals surface area contributed by atoms with Gasteiger partial charge in [0.2, 0.25) is 5.88 Å². The number of rotatable bonds is 8. The molecule has 0 aliphatic carbocycles. The van der Waals surface area contributed by atoms with Crippen molar-refractivity contribution < 1.29 is 14.3 Å². The molecule has 0 unspecified atom stereocenters. The molecule has 2 aromatic heterocycles. The first kappa shape index (κ1) is 26.7. The van der Waals surface area contributed by atoms with Gasteiger partial charge in [-0.05, 0) is 38.0 Å². The number of carbonyl (C=O) groups is 1. The van der Waals surface area contributed by atoms with Crippen LogP contribution < -0.4 is 9.64 Å². The van der Waals surface area contributed by atoms with E-state index in [-0.39, 0.29) is 0 Å². The van der Waals surface area contributed by atoms with Crippen molar-refractivity contribution in [2.75, 3.05) is 4.90 Å². The molecule has 5 rings (SSSR count). The van der Waals surface area contributed by atoms with Gasteiger partial charge in [-0.3, -0.25) is 0 Å². The van der Waals surface area contributed by atoms with Crippen LogP contribution in [-0.4, -0.2) is 26.5 Å². The minimum Gasteiger partial charge on any atom is -0.473 e. The minimum absolute atomic E-state index is 0.404. The summed E-state index contributed by atoms with van der Waals surface area (Å²) >= 11 is 0. The number of aromatic nitrogens is 3. The van der Waals surface area contributed by atoms with Gasteiger partial charge in [-0.1, -0.05) is 97.1 Å². The summed E-state index contributed by atoms with van der Waals surface area (Å²) in [5.74, 6) is 1.69. The molecule has 0 aliphatic rings. The SMILES string of the molecule is CC(C)(C)OC(=O)n1nc(N(Cc2ccccc2)c2cccc(OCc3ccccc3)n2)cc1-c1ccccc1. The van der Waals surface area contributed by atoms with Crippen LogP contribution in [0.1, 0.15) is 31.9 Å². The molecule has 2 heterocycles. The van der Waals surface area contributed by atoms with Crippen LogP contribution in [0.15, 0.2) is 115 Å². The number of pyridine rings is 1. The normalized spacial score (nSPS) is 11.2. The fourth-order valence-corrected chi connectivity index (χ4v) is 4.17. The third-order valence-corrected chi connectivity index (χ3v) is 6.01. The van der Waals surface area contributed by atoms with Gasteiger partial charge in [-0.25, -0.2) is 4.79 Å². The van der Waals surface area contributed by atoms with Crippen molar-refractivity contribution in [3.05, 3.63) is 126 Å². The molecule has 3 aromatic carbocycles. The van der Waals surface area contributed by atoms with E-state index in [1.54, 1.807) is 0 Å². The first-order chi connectivity index (χ1) is 19.4. The zero-order valence-electron chi connectivity index (χ0n) is 22.9. The number of nitrogens with zero attached hydrogens (tertiary/aromatic N) is 4. The van der Waals surface area contributed by atoms with Crippen molar-refractivity contribution in [3.63, 3.8) is 0 Å². The van der Waals surface area contributed by atoms with Crippen LogP contribution in [-0.2, 0) is 17.9 Å². The van der Waals surface area contributed by atoms with Crippen molar-refractivity contribution >= 4 is 17.7 Å². The Morgan fingerprint density at radius 1 is 0.775 bits per heavy atom. The van der Waals surface area contributed by atoms with E-state index in [4.69, 9.17) is 19.6 Å². The second kappa shape index (κ2) is 11.9. The summed E-state index contributed by atoms with van der Waals surface area (Å²) < 4.78 is 13.0. The second-order valence-electron chi connectivity index (χ2n) is 10.3.